The Bertz CT molecular complexity index is 997. The normalized spacial score (nSPS) is 23.2. The maximum Gasteiger partial charge on any atom is 0.244 e. The fourth-order valence-corrected chi connectivity index (χ4v) is 5.76. The number of benzene rings is 1. The SMILES string of the molecule is CC(C)C=CC(C=CC(=O)NC1C2CCC1c1ccccc12)NC(=O)C(N)Cc1cccs1. The first-order valence-corrected chi connectivity index (χ1v) is 12.6. The van der Waals surface area contributed by atoms with Crippen LogP contribution in [0.1, 0.15) is 54.5 Å². The second-order valence-electron chi connectivity index (χ2n) is 9.37. The van der Waals surface area contributed by atoms with Gasteiger partial charge in [0.2, 0.25) is 11.8 Å². The van der Waals surface area contributed by atoms with E-state index < -0.39 is 12.1 Å². The smallest absolute Gasteiger partial charge is 0.244 e. The van der Waals surface area contributed by atoms with E-state index in [1.165, 1.54) is 11.1 Å². The van der Waals surface area contributed by atoms with Gasteiger partial charge in [0.25, 0.3) is 0 Å². The lowest BCUT2D eigenvalue weighted by Gasteiger charge is -2.18. The monoisotopic (exact) mass is 463 g/mol. The van der Waals surface area contributed by atoms with Gasteiger partial charge in [0.15, 0.2) is 0 Å². The van der Waals surface area contributed by atoms with E-state index in [1.54, 1.807) is 23.5 Å². The second-order valence-corrected chi connectivity index (χ2v) is 10.4. The van der Waals surface area contributed by atoms with Crippen molar-refractivity contribution in [1.82, 2.24) is 10.6 Å². The molecule has 1 fully saturated rings. The first-order valence-electron chi connectivity index (χ1n) is 11.8. The maximum atomic E-state index is 12.8. The van der Waals surface area contributed by atoms with Crippen molar-refractivity contribution in [3.8, 4) is 0 Å². The third kappa shape index (κ3) is 5.63. The van der Waals surface area contributed by atoms with E-state index in [0.29, 0.717) is 24.2 Å². The molecule has 5 nitrogen and oxygen atoms in total. The highest BCUT2D eigenvalue weighted by atomic mass is 32.1. The van der Waals surface area contributed by atoms with Crippen LogP contribution >= 0.6 is 11.3 Å². The largest absolute Gasteiger partial charge is 0.349 e. The van der Waals surface area contributed by atoms with Crippen molar-refractivity contribution in [3.05, 3.63) is 82.1 Å². The van der Waals surface area contributed by atoms with Crippen molar-refractivity contribution in [2.75, 3.05) is 0 Å². The van der Waals surface area contributed by atoms with E-state index in [4.69, 9.17) is 5.73 Å². The van der Waals surface area contributed by atoms with Crippen molar-refractivity contribution < 1.29 is 9.59 Å². The van der Waals surface area contributed by atoms with E-state index >= 15 is 0 Å². The zero-order valence-electron chi connectivity index (χ0n) is 19.2. The average Bonchev–Trinajstić information content (AvgIpc) is 3.52. The van der Waals surface area contributed by atoms with Crippen LogP contribution in [0.5, 0.6) is 0 Å². The van der Waals surface area contributed by atoms with Crippen LogP contribution in [0.3, 0.4) is 0 Å². The number of hydrogen-bond donors (Lipinski definition) is 3. The highest BCUT2D eigenvalue weighted by molar-refractivity contribution is 7.09. The number of nitrogens with one attached hydrogen (secondary N) is 2. The van der Waals surface area contributed by atoms with Crippen LogP contribution in [-0.4, -0.2) is 29.9 Å². The summed E-state index contributed by atoms with van der Waals surface area (Å²) in [5.41, 5.74) is 8.89. The van der Waals surface area contributed by atoms with Crippen LogP contribution in [-0.2, 0) is 16.0 Å². The number of thiophene rings is 1. The van der Waals surface area contributed by atoms with Crippen LogP contribution < -0.4 is 16.4 Å². The summed E-state index contributed by atoms with van der Waals surface area (Å²) in [6, 6.07) is 11.6. The fourth-order valence-electron chi connectivity index (χ4n) is 5.00. The van der Waals surface area contributed by atoms with Gasteiger partial charge in [0, 0.05) is 35.3 Å². The Kier molecular flexibility index (Phi) is 7.46. The number of fused-ring (bicyclic) bond motifs is 5. The third-order valence-electron chi connectivity index (χ3n) is 6.56. The summed E-state index contributed by atoms with van der Waals surface area (Å²) >= 11 is 1.59. The van der Waals surface area contributed by atoms with Gasteiger partial charge in [-0.3, -0.25) is 9.59 Å². The highest BCUT2D eigenvalue weighted by Crippen LogP contribution is 2.52. The molecule has 1 aromatic carbocycles. The van der Waals surface area contributed by atoms with Crippen molar-refractivity contribution >= 4 is 23.2 Å². The Morgan fingerprint density at radius 3 is 2.36 bits per heavy atom. The van der Waals surface area contributed by atoms with Gasteiger partial charge in [0.1, 0.15) is 0 Å². The molecule has 4 unspecified atom stereocenters. The molecule has 33 heavy (non-hydrogen) atoms. The zero-order valence-corrected chi connectivity index (χ0v) is 20.1. The minimum absolute atomic E-state index is 0.121. The Morgan fingerprint density at radius 2 is 1.76 bits per heavy atom. The molecule has 1 saturated carbocycles. The van der Waals surface area contributed by atoms with E-state index in [9.17, 15) is 9.59 Å². The molecule has 0 aliphatic heterocycles. The quantitative estimate of drug-likeness (QED) is 0.388. The average molecular weight is 464 g/mol. The predicted octanol–water partition coefficient (Wildman–Crippen LogP) is 4.03. The Hall–Kier alpha value is -2.70. The topological polar surface area (TPSA) is 84.2 Å². The number of amides is 2. The molecule has 0 radical (unpaired) electrons. The van der Waals surface area contributed by atoms with Crippen molar-refractivity contribution in [1.29, 1.82) is 0 Å². The molecule has 4 rings (SSSR count). The molecular weight excluding hydrogens is 430 g/mol. The second kappa shape index (κ2) is 10.5. The summed E-state index contributed by atoms with van der Waals surface area (Å²) in [7, 11) is 0. The highest BCUT2D eigenvalue weighted by Gasteiger charge is 2.45. The number of carbonyl (C=O) groups is 2. The molecule has 174 valence electrons. The molecule has 0 saturated heterocycles. The predicted molar refractivity (Wildman–Crippen MR) is 134 cm³/mol. The number of carbonyl (C=O) groups excluding carboxylic acids is 2. The van der Waals surface area contributed by atoms with Gasteiger partial charge in [-0.05, 0) is 41.3 Å². The zero-order chi connectivity index (χ0) is 23.4. The van der Waals surface area contributed by atoms with Crippen molar-refractivity contribution in [2.24, 2.45) is 11.7 Å². The number of rotatable bonds is 9. The molecule has 4 N–H and O–H groups in total. The minimum atomic E-state index is -0.631. The lowest BCUT2D eigenvalue weighted by Crippen LogP contribution is -2.45. The Morgan fingerprint density at radius 1 is 1.06 bits per heavy atom. The molecule has 2 aliphatic carbocycles. The van der Waals surface area contributed by atoms with Gasteiger partial charge < -0.3 is 16.4 Å². The lowest BCUT2D eigenvalue weighted by molar-refractivity contribution is -0.122. The van der Waals surface area contributed by atoms with Crippen LogP contribution in [0.2, 0.25) is 0 Å². The van der Waals surface area contributed by atoms with E-state index in [2.05, 4.69) is 48.7 Å². The summed E-state index contributed by atoms with van der Waals surface area (Å²) in [5.74, 6) is 0.783. The van der Waals surface area contributed by atoms with Gasteiger partial charge in [-0.2, -0.15) is 0 Å². The van der Waals surface area contributed by atoms with Gasteiger partial charge in [-0.25, -0.2) is 0 Å². The Labute approximate surface area is 200 Å². The van der Waals surface area contributed by atoms with E-state index in [1.807, 2.05) is 29.7 Å². The standard InChI is InChI=1S/C27H33N3O2S/c1-17(2)9-10-18(29-27(32)24(28)16-19-6-5-15-33-19)11-14-25(31)30-26-22-12-13-23(26)21-8-4-3-7-20(21)22/h3-11,14-15,17-18,22-24,26H,12-13,16,28H2,1-2H3,(H,29,32)(H,30,31). The van der Waals surface area contributed by atoms with Gasteiger partial charge in [-0.15, -0.1) is 11.3 Å². The minimum Gasteiger partial charge on any atom is -0.349 e. The van der Waals surface area contributed by atoms with E-state index in [-0.39, 0.29) is 17.9 Å². The van der Waals surface area contributed by atoms with Gasteiger partial charge in [0.05, 0.1) is 12.1 Å². The molecule has 2 aromatic rings. The summed E-state index contributed by atoms with van der Waals surface area (Å²) in [6.07, 6.45) is 9.96. The molecule has 1 heterocycles. The third-order valence-corrected chi connectivity index (χ3v) is 7.46. The number of allylic oxidation sites excluding steroid dienone is 1. The number of hydrogen-bond acceptors (Lipinski definition) is 4. The molecule has 2 amide bonds. The van der Waals surface area contributed by atoms with Crippen molar-refractivity contribution in [2.45, 2.75) is 63.1 Å². The first kappa shape index (κ1) is 23.5. The summed E-state index contributed by atoms with van der Waals surface area (Å²) in [5, 5.41) is 8.17. The molecule has 2 aliphatic rings. The summed E-state index contributed by atoms with van der Waals surface area (Å²) in [4.78, 5) is 26.5. The molecular formula is C27H33N3O2S. The van der Waals surface area contributed by atoms with Crippen LogP contribution in [0, 0.1) is 5.92 Å². The maximum absolute atomic E-state index is 12.8. The number of nitrogens with two attached hydrogens (primary N) is 1. The van der Waals surface area contributed by atoms with Crippen LogP contribution in [0.4, 0.5) is 0 Å². The van der Waals surface area contributed by atoms with Crippen molar-refractivity contribution in [3.63, 3.8) is 0 Å². The molecule has 1 aromatic heterocycles. The summed E-state index contributed by atoms with van der Waals surface area (Å²) in [6.45, 7) is 4.14. The fraction of sp³-hybridized carbons (Fsp3) is 0.407. The van der Waals surface area contributed by atoms with Gasteiger partial charge in [-0.1, -0.05) is 62.4 Å². The lowest BCUT2D eigenvalue weighted by atomic mass is 9.92. The van der Waals surface area contributed by atoms with Crippen LogP contribution in [0.25, 0.3) is 0 Å². The summed E-state index contributed by atoms with van der Waals surface area (Å²) < 4.78 is 0. The molecule has 0 spiro atoms. The van der Waals surface area contributed by atoms with E-state index in [0.717, 1.165) is 17.7 Å². The van der Waals surface area contributed by atoms with Crippen LogP contribution in [0.15, 0.2) is 66.1 Å². The molecule has 6 heteroatoms. The van der Waals surface area contributed by atoms with Gasteiger partial charge >= 0.3 is 0 Å². The molecule has 4 atom stereocenters. The molecule has 2 bridgehead atoms. The Balaban J connectivity index is 1.37. The first-order chi connectivity index (χ1) is 15.9.